The van der Waals surface area contributed by atoms with Crippen molar-refractivity contribution in [2.24, 2.45) is 0 Å². The lowest BCUT2D eigenvalue weighted by Crippen LogP contribution is -2.41. The van der Waals surface area contributed by atoms with E-state index in [2.05, 4.69) is 30.9 Å². The Balaban J connectivity index is 2.08. The number of rotatable bonds is 13. The summed E-state index contributed by atoms with van der Waals surface area (Å²) in [5, 5.41) is 1.97. The van der Waals surface area contributed by atoms with Crippen molar-refractivity contribution >= 4 is 59.9 Å². The summed E-state index contributed by atoms with van der Waals surface area (Å²) in [6, 6.07) is 8.32. The van der Waals surface area contributed by atoms with Crippen LogP contribution >= 0.6 is 22.7 Å². The molecule has 1 aliphatic rings. The number of thiocarbonyl (C=S) groups is 1. The van der Waals surface area contributed by atoms with Crippen LogP contribution < -0.4 is 9.62 Å². The largest absolute Gasteiger partial charge is 0.372 e. The Labute approximate surface area is 205 Å². The van der Waals surface area contributed by atoms with Crippen LogP contribution in [-0.2, 0) is 19.6 Å². The minimum atomic E-state index is -3.68. The molecule has 1 aliphatic heterocycles. The first-order valence-electron chi connectivity index (χ1n) is 11.4. The topological polar surface area (TPSA) is 86.8 Å². The van der Waals surface area contributed by atoms with Crippen LogP contribution in [0.3, 0.4) is 0 Å². The van der Waals surface area contributed by atoms with Crippen LogP contribution in [-0.4, -0.2) is 66.5 Å². The van der Waals surface area contributed by atoms with Gasteiger partial charge < -0.3 is 4.90 Å². The lowest BCUT2D eigenvalue weighted by molar-refractivity contribution is -0.129. The summed E-state index contributed by atoms with van der Waals surface area (Å²) in [6.45, 7) is 6.14. The number of nitrogens with one attached hydrogen (secondary N) is 1. The van der Waals surface area contributed by atoms with E-state index in [4.69, 9.17) is 12.2 Å². The predicted octanol–water partition coefficient (Wildman–Crippen LogP) is 3.50. The molecule has 0 radical (unpaired) electrons. The van der Waals surface area contributed by atoms with Gasteiger partial charge in [-0.15, -0.1) is 10.5 Å². The molecule has 1 heterocycles. The third-order valence-electron chi connectivity index (χ3n) is 5.23. The normalized spacial score (nSPS) is 16.5. The Bertz CT molecular complexity index is 965. The summed E-state index contributed by atoms with van der Waals surface area (Å²) in [6.07, 6.45) is 8.10. The number of carbonyl (C=O) groups is 2. The monoisotopic (exact) mass is 513 g/mol. The number of sulfonamides is 1. The molecule has 1 unspecified atom stereocenters. The smallest absolute Gasteiger partial charge is 0.253 e. The van der Waals surface area contributed by atoms with Crippen LogP contribution in [0.5, 0.6) is 0 Å². The molecule has 1 fully saturated rings. The second kappa shape index (κ2) is 13.2. The molecule has 7 nitrogen and oxygen atoms in total. The Kier molecular flexibility index (Phi) is 11.0. The average Bonchev–Trinajstić information content (AvgIpc) is 2.99. The molecule has 1 aromatic carbocycles. The van der Waals surface area contributed by atoms with Gasteiger partial charge in [0.05, 0.1) is 12.0 Å². The van der Waals surface area contributed by atoms with E-state index in [1.54, 1.807) is 0 Å². The maximum atomic E-state index is 12.4. The number of hydrogen-bond donors (Lipinski definition) is 1. The third kappa shape index (κ3) is 9.17. The molecule has 10 heteroatoms. The average molecular weight is 514 g/mol. The Morgan fingerprint density at radius 3 is 2.21 bits per heavy atom. The number of nitrogens with zero attached hydrogens (tertiary/aromatic N) is 2. The number of anilines is 1. The molecule has 2 amide bonds. The molecule has 0 spiro atoms. The van der Waals surface area contributed by atoms with Crippen molar-refractivity contribution in [3.63, 3.8) is 0 Å². The van der Waals surface area contributed by atoms with Gasteiger partial charge in [-0.25, -0.2) is 8.42 Å². The van der Waals surface area contributed by atoms with Crippen LogP contribution in [0.4, 0.5) is 5.69 Å². The van der Waals surface area contributed by atoms with Crippen molar-refractivity contribution in [1.82, 2.24) is 9.62 Å². The molecule has 1 N–H and O–H groups in total. The first-order chi connectivity index (χ1) is 15.6. The summed E-state index contributed by atoms with van der Waals surface area (Å²) >= 11 is 5.43. The van der Waals surface area contributed by atoms with Gasteiger partial charge in [0.1, 0.15) is 10.9 Å². The molecular formula is C23H35N3O4S3. The fourth-order valence-electron chi connectivity index (χ4n) is 3.55. The molecule has 0 saturated carbocycles. The molecule has 0 bridgehead atoms. The van der Waals surface area contributed by atoms with Gasteiger partial charge in [-0.1, -0.05) is 63.9 Å². The van der Waals surface area contributed by atoms with E-state index in [1.165, 1.54) is 49.1 Å². The summed E-state index contributed by atoms with van der Waals surface area (Å²) in [5.41, 5.74) is 2.17. The van der Waals surface area contributed by atoms with Crippen LogP contribution in [0.15, 0.2) is 24.3 Å². The van der Waals surface area contributed by atoms with Gasteiger partial charge in [0.15, 0.2) is 0 Å². The van der Waals surface area contributed by atoms with E-state index in [0.29, 0.717) is 4.32 Å². The second-order valence-corrected chi connectivity index (χ2v) is 12.4. The summed E-state index contributed by atoms with van der Waals surface area (Å²) in [4.78, 5) is 27.9. The molecule has 1 saturated heterocycles. The SMILES string of the molecule is CCCCCN(CCCCC)c1ccc(/C=S2\CC(=O)N(CC(=O)NS(C)(=O)=O)C2=S)cc1. The Morgan fingerprint density at radius 2 is 1.70 bits per heavy atom. The van der Waals surface area contributed by atoms with Gasteiger partial charge in [0.25, 0.3) is 5.91 Å². The predicted molar refractivity (Wildman–Crippen MR) is 143 cm³/mol. The van der Waals surface area contributed by atoms with E-state index in [0.717, 1.165) is 24.9 Å². The number of unbranched alkanes of at least 4 members (excludes halogenated alkanes) is 4. The summed E-state index contributed by atoms with van der Waals surface area (Å²) < 4.78 is 24.7. The van der Waals surface area contributed by atoms with Gasteiger partial charge in [-0.3, -0.25) is 19.2 Å². The third-order valence-corrected chi connectivity index (χ3v) is 8.47. The van der Waals surface area contributed by atoms with E-state index in [9.17, 15) is 18.0 Å². The number of benzene rings is 1. The molecule has 1 atom stereocenters. The van der Waals surface area contributed by atoms with Gasteiger partial charge in [0.2, 0.25) is 15.9 Å². The van der Waals surface area contributed by atoms with Crippen LogP contribution in [0.1, 0.15) is 57.9 Å². The summed E-state index contributed by atoms with van der Waals surface area (Å²) in [7, 11) is -4.29. The van der Waals surface area contributed by atoms with Crippen molar-refractivity contribution in [2.75, 3.05) is 36.5 Å². The molecular weight excluding hydrogens is 478 g/mol. The van der Waals surface area contributed by atoms with Crippen molar-refractivity contribution in [1.29, 1.82) is 0 Å². The Morgan fingerprint density at radius 1 is 1.12 bits per heavy atom. The zero-order valence-electron chi connectivity index (χ0n) is 19.7. The number of hydrogen-bond acceptors (Lipinski definition) is 6. The molecule has 0 aromatic heterocycles. The first-order valence-corrected chi connectivity index (χ1v) is 15.1. The minimum Gasteiger partial charge on any atom is -0.372 e. The number of amides is 2. The van der Waals surface area contributed by atoms with Crippen LogP contribution in [0.2, 0.25) is 0 Å². The zero-order chi connectivity index (χ0) is 24.4. The van der Waals surface area contributed by atoms with E-state index in [1.807, 2.05) is 22.2 Å². The molecule has 1 aromatic rings. The van der Waals surface area contributed by atoms with E-state index < -0.39 is 26.4 Å². The van der Waals surface area contributed by atoms with Gasteiger partial charge in [-0.05, 0) is 35.9 Å². The maximum Gasteiger partial charge on any atom is 0.253 e. The fourth-order valence-corrected chi connectivity index (χ4v) is 6.18. The highest BCUT2D eigenvalue weighted by molar-refractivity contribution is 8.35. The van der Waals surface area contributed by atoms with Crippen LogP contribution in [0, 0.1) is 0 Å². The number of carbonyl (C=O) groups excluding carboxylic acids is 2. The van der Waals surface area contributed by atoms with Crippen molar-refractivity contribution in [3.05, 3.63) is 29.8 Å². The van der Waals surface area contributed by atoms with Crippen molar-refractivity contribution < 1.29 is 18.0 Å². The quantitative estimate of drug-likeness (QED) is 0.321. The minimum absolute atomic E-state index is 0.201. The molecule has 0 aliphatic carbocycles. The summed E-state index contributed by atoms with van der Waals surface area (Å²) in [5.74, 6) is -0.834. The van der Waals surface area contributed by atoms with Gasteiger partial charge >= 0.3 is 0 Å². The van der Waals surface area contributed by atoms with Crippen LogP contribution in [0.25, 0.3) is 0 Å². The van der Waals surface area contributed by atoms with Crippen molar-refractivity contribution in [2.45, 2.75) is 52.4 Å². The first kappa shape index (κ1) is 27.5. The van der Waals surface area contributed by atoms with E-state index in [-0.39, 0.29) is 18.2 Å². The maximum absolute atomic E-state index is 12.4. The zero-order valence-corrected chi connectivity index (χ0v) is 22.2. The Hall–Kier alpha value is -1.78. The molecule has 184 valence electrons. The highest BCUT2D eigenvalue weighted by atomic mass is 32.2. The molecule has 2 rings (SSSR count). The highest BCUT2D eigenvalue weighted by Gasteiger charge is 2.31. The van der Waals surface area contributed by atoms with E-state index >= 15 is 0 Å². The lowest BCUT2D eigenvalue weighted by Gasteiger charge is -2.25. The standard InChI is InChI=1S/C23H35N3O4S3/c1-4-6-8-14-25(15-9-7-5-2)20-12-10-19(11-13-20)17-32-18-22(28)26(23(32)31)16-21(27)24-33(3,29)30/h10-13,17H,4-9,14-16,18H2,1-3H3,(H,24,27). The second-order valence-electron chi connectivity index (χ2n) is 8.23. The van der Waals surface area contributed by atoms with Gasteiger partial charge in [0, 0.05) is 18.8 Å². The molecule has 33 heavy (non-hydrogen) atoms. The van der Waals surface area contributed by atoms with Crippen molar-refractivity contribution in [3.8, 4) is 0 Å². The van der Waals surface area contributed by atoms with Gasteiger partial charge in [-0.2, -0.15) is 0 Å². The highest BCUT2D eigenvalue weighted by Crippen LogP contribution is 2.28. The lowest BCUT2D eigenvalue weighted by atomic mass is 10.1. The fraction of sp³-hybridized carbons (Fsp3) is 0.565.